The summed E-state index contributed by atoms with van der Waals surface area (Å²) in [5, 5.41) is 6.27. The van der Waals surface area contributed by atoms with Crippen molar-refractivity contribution < 1.29 is 13.2 Å². The predicted octanol–water partition coefficient (Wildman–Crippen LogP) is 0.0695. The van der Waals surface area contributed by atoms with Crippen LogP contribution in [0.2, 0.25) is 0 Å². The van der Waals surface area contributed by atoms with Crippen LogP contribution in [0.1, 0.15) is 32.6 Å². The van der Waals surface area contributed by atoms with Crippen molar-refractivity contribution >= 4 is 15.7 Å². The molecule has 1 atom stereocenters. The molecule has 2 saturated heterocycles. The Hall–Kier alpha value is -0.620. The van der Waals surface area contributed by atoms with E-state index in [-0.39, 0.29) is 28.9 Å². The van der Waals surface area contributed by atoms with Crippen molar-refractivity contribution in [1.82, 2.24) is 10.6 Å². The third kappa shape index (κ3) is 3.23. The largest absolute Gasteiger partial charge is 0.353 e. The summed E-state index contributed by atoms with van der Waals surface area (Å²) >= 11 is 0. The molecule has 2 aliphatic heterocycles. The normalized spacial score (nSPS) is 32.9. The molecule has 2 rings (SSSR count). The molecule has 0 aromatic rings. The number of hydrogen-bond donors (Lipinski definition) is 2. The molecule has 0 spiro atoms. The fraction of sp³-hybridized carbons (Fsp3) is 0.917. The van der Waals surface area contributed by atoms with Crippen LogP contribution in [-0.4, -0.2) is 45.0 Å². The molecule has 0 aromatic heterocycles. The molecule has 2 aliphatic rings. The summed E-state index contributed by atoms with van der Waals surface area (Å²) in [6.07, 6.45) is 3.02. The van der Waals surface area contributed by atoms with E-state index in [0.29, 0.717) is 19.4 Å². The van der Waals surface area contributed by atoms with E-state index in [1.54, 1.807) is 0 Å². The lowest BCUT2D eigenvalue weighted by Gasteiger charge is -2.35. The summed E-state index contributed by atoms with van der Waals surface area (Å²) < 4.78 is 22.6. The lowest BCUT2D eigenvalue weighted by atomic mass is 9.81. The molecule has 0 saturated carbocycles. The second-order valence-electron chi connectivity index (χ2n) is 5.74. The smallest absolute Gasteiger partial charge is 0.227 e. The van der Waals surface area contributed by atoms with Crippen LogP contribution < -0.4 is 10.6 Å². The molecule has 2 N–H and O–H groups in total. The number of amides is 1. The first-order valence-corrected chi connectivity index (χ1v) is 8.46. The second kappa shape index (κ2) is 5.17. The Kier molecular flexibility index (Phi) is 3.96. The van der Waals surface area contributed by atoms with E-state index >= 15 is 0 Å². The van der Waals surface area contributed by atoms with Crippen LogP contribution in [0.15, 0.2) is 0 Å². The molecule has 1 amide bonds. The maximum Gasteiger partial charge on any atom is 0.227 e. The zero-order chi connectivity index (χ0) is 13.2. The topological polar surface area (TPSA) is 75.3 Å². The van der Waals surface area contributed by atoms with E-state index < -0.39 is 9.84 Å². The van der Waals surface area contributed by atoms with Crippen LogP contribution in [0.4, 0.5) is 0 Å². The van der Waals surface area contributed by atoms with E-state index in [1.165, 1.54) is 0 Å². The van der Waals surface area contributed by atoms with E-state index in [1.807, 2.05) is 6.92 Å². The Morgan fingerprint density at radius 2 is 2.00 bits per heavy atom. The van der Waals surface area contributed by atoms with Gasteiger partial charge in [0.25, 0.3) is 0 Å². The van der Waals surface area contributed by atoms with Gasteiger partial charge >= 0.3 is 0 Å². The molecule has 0 radical (unpaired) electrons. The number of hydrogen-bond acceptors (Lipinski definition) is 4. The van der Waals surface area contributed by atoms with Gasteiger partial charge in [0, 0.05) is 12.6 Å². The minimum absolute atomic E-state index is 0.0276. The van der Waals surface area contributed by atoms with Crippen LogP contribution in [0.3, 0.4) is 0 Å². The minimum atomic E-state index is -2.86. The second-order valence-corrected chi connectivity index (χ2v) is 8.04. The molecule has 6 heteroatoms. The maximum absolute atomic E-state index is 12.2. The van der Waals surface area contributed by atoms with Crippen LogP contribution in [-0.2, 0) is 14.6 Å². The molecular weight excluding hydrogens is 252 g/mol. The van der Waals surface area contributed by atoms with Crippen LogP contribution in [0.25, 0.3) is 0 Å². The summed E-state index contributed by atoms with van der Waals surface area (Å²) in [7, 11) is -2.86. The Bertz CT molecular complexity index is 399. The molecule has 0 aliphatic carbocycles. The minimum Gasteiger partial charge on any atom is -0.353 e. The summed E-state index contributed by atoms with van der Waals surface area (Å²) in [6.45, 7) is 3.67. The number of rotatable bonds is 2. The Balaban J connectivity index is 1.88. The van der Waals surface area contributed by atoms with Crippen molar-refractivity contribution in [3.63, 3.8) is 0 Å². The van der Waals surface area contributed by atoms with Gasteiger partial charge in [0.15, 0.2) is 0 Å². The van der Waals surface area contributed by atoms with E-state index in [0.717, 1.165) is 19.4 Å². The Morgan fingerprint density at radius 3 is 2.56 bits per heavy atom. The standard InChI is InChI=1S/C12H22N2O3S/c1-12(5-2-6-13-9-12)11(15)14-10-3-7-18(16,17)8-4-10/h10,13H,2-9H2,1H3,(H,14,15). The molecule has 1 unspecified atom stereocenters. The van der Waals surface area contributed by atoms with Crippen molar-refractivity contribution in [2.24, 2.45) is 5.41 Å². The molecule has 0 aromatic carbocycles. The van der Waals surface area contributed by atoms with Crippen molar-refractivity contribution in [2.45, 2.75) is 38.6 Å². The van der Waals surface area contributed by atoms with Gasteiger partial charge in [-0.2, -0.15) is 0 Å². The van der Waals surface area contributed by atoms with Crippen LogP contribution >= 0.6 is 0 Å². The highest BCUT2D eigenvalue weighted by Crippen LogP contribution is 2.26. The average Bonchev–Trinajstić information content (AvgIpc) is 2.33. The van der Waals surface area contributed by atoms with Gasteiger partial charge < -0.3 is 10.6 Å². The summed E-state index contributed by atoms with van der Waals surface area (Å²) in [4.78, 5) is 12.2. The molecule has 104 valence electrons. The molecule has 2 heterocycles. The zero-order valence-electron chi connectivity index (χ0n) is 10.9. The zero-order valence-corrected chi connectivity index (χ0v) is 11.7. The molecule has 2 fully saturated rings. The van der Waals surface area contributed by atoms with Gasteiger partial charge in [-0.05, 0) is 39.2 Å². The number of piperidine rings is 1. The lowest BCUT2D eigenvalue weighted by molar-refractivity contribution is -0.131. The SMILES string of the molecule is CC1(C(=O)NC2CCS(=O)(=O)CC2)CCCNC1. The van der Waals surface area contributed by atoms with Crippen LogP contribution in [0.5, 0.6) is 0 Å². The van der Waals surface area contributed by atoms with E-state index in [2.05, 4.69) is 10.6 Å². The molecule has 5 nitrogen and oxygen atoms in total. The van der Waals surface area contributed by atoms with Gasteiger partial charge in [-0.15, -0.1) is 0 Å². The lowest BCUT2D eigenvalue weighted by Crippen LogP contribution is -2.52. The average molecular weight is 274 g/mol. The highest BCUT2D eigenvalue weighted by atomic mass is 32.2. The Labute approximate surface area is 109 Å². The van der Waals surface area contributed by atoms with E-state index in [4.69, 9.17) is 0 Å². The molecule has 0 bridgehead atoms. The van der Waals surface area contributed by atoms with Gasteiger partial charge in [0.1, 0.15) is 9.84 Å². The highest BCUT2D eigenvalue weighted by Gasteiger charge is 2.36. The summed E-state index contributed by atoms with van der Waals surface area (Å²) in [6, 6.07) is 0.0276. The third-order valence-corrected chi connectivity index (χ3v) is 5.75. The van der Waals surface area contributed by atoms with Gasteiger partial charge in [0.2, 0.25) is 5.91 Å². The van der Waals surface area contributed by atoms with Crippen molar-refractivity contribution in [2.75, 3.05) is 24.6 Å². The van der Waals surface area contributed by atoms with Crippen molar-refractivity contribution in [3.05, 3.63) is 0 Å². The van der Waals surface area contributed by atoms with Gasteiger partial charge in [-0.3, -0.25) is 4.79 Å². The fourth-order valence-corrected chi connectivity index (χ4v) is 4.14. The monoisotopic (exact) mass is 274 g/mol. The maximum atomic E-state index is 12.2. The number of carbonyl (C=O) groups excluding carboxylic acids is 1. The Morgan fingerprint density at radius 1 is 1.33 bits per heavy atom. The van der Waals surface area contributed by atoms with Crippen molar-refractivity contribution in [1.29, 1.82) is 0 Å². The van der Waals surface area contributed by atoms with E-state index in [9.17, 15) is 13.2 Å². The summed E-state index contributed by atoms with van der Waals surface area (Å²) in [5.74, 6) is 0.471. The fourth-order valence-electron chi connectivity index (χ4n) is 2.64. The molecule has 18 heavy (non-hydrogen) atoms. The van der Waals surface area contributed by atoms with Crippen molar-refractivity contribution in [3.8, 4) is 0 Å². The van der Waals surface area contributed by atoms with Crippen LogP contribution in [0, 0.1) is 5.41 Å². The number of nitrogens with one attached hydrogen (secondary N) is 2. The first kappa shape index (κ1) is 13.8. The first-order chi connectivity index (χ1) is 8.41. The quantitative estimate of drug-likeness (QED) is 0.747. The van der Waals surface area contributed by atoms with Gasteiger partial charge in [0.05, 0.1) is 16.9 Å². The molecular formula is C12H22N2O3S. The highest BCUT2D eigenvalue weighted by molar-refractivity contribution is 7.91. The number of sulfone groups is 1. The number of carbonyl (C=O) groups is 1. The third-order valence-electron chi connectivity index (χ3n) is 4.04. The van der Waals surface area contributed by atoms with Gasteiger partial charge in [-0.25, -0.2) is 8.42 Å². The first-order valence-electron chi connectivity index (χ1n) is 6.63. The predicted molar refractivity (Wildman–Crippen MR) is 70.0 cm³/mol. The summed E-state index contributed by atoms with van der Waals surface area (Å²) in [5.41, 5.74) is -0.339. The van der Waals surface area contributed by atoms with Gasteiger partial charge in [-0.1, -0.05) is 0 Å².